The predicted octanol–water partition coefficient (Wildman–Crippen LogP) is 1.71. The molecular formula is C11H8F3N3O4. The number of carboxylic acid groups (broad SMARTS) is 1. The second kappa shape index (κ2) is 6.58. The van der Waals surface area contributed by atoms with Crippen LogP contribution in [0.5, 0.6) is 0 Å². The number of amides is 2. The van der Waals surface area contributed by atoms with Gasteiger partial charge in [-0.25, -0.2) is 15.1 Å². The van der Waals surface area contributed by atoms with Crippen molar-refractivity contribution >= 4 is 17.7 Å². The molecule has 0 fully saturated rings. The lowest BCUT2D eigenvalue weighted by Gasteiger charge is -2.11. The normalized spacial score (nSPS) is 10.6. The van der Waals surface area contributed by atoms with Crippen molar-refractivity contribution in [2.24, 2.45) is 0 Å². The van der Waals surface area contributed by atoms with Crippen molar-refractivity contribution in [1.29, 1.82) is 5.26 Å². The van der Waals surface area contributed by atoms with Crippen molar-refractivity contribution in [3.8, 4) is 6.07 Å². The molecule has 21 heavy (non-hydrogen) atoms. The van der Waals surface area contributed by atoms with Gasteiger partial charge in [0.15, 0.2) is 6.61 Å². The number of aliphatic carboxylic acids is 1. The molecule has 3 N–H and O–H groups in total. The van der Waals surface area contributed by atoms with Gasteiger partial charge in [-0.3, -0.25) is 4.84 Å². The third kappa shape index (κ3) is 5.00. The number of carboxylic acids is 1. The molecule has 0 aliphatic carbocycles. The summed E-state index contributed by atoms with van der Waals surface area (Å²) in [5, 5.41) is 19.1. The summed E-state index contributed by atoms with van der Waals surface area (Å²) < 4.78 is 37.4. The third-order valence-corrected chi connectivity index (χ3v) is 2.08. The Balaban J connectivity index is 2.78. The maximum Gasteiger partial charge on any atom is 0.416 e. The number of halogens is 3. The number of nitrogens with one attached hydrogen (secondary N) is 2. The number of nitriles is 1. The molecule has 0 aromatic heterocycles. The Morgan fingerprint density at radius 1 is 1.38 bits per heavy atom. The van der Waals surface area contributed by atoms with Gasteiger partial charge in [-0.05, 0) is 18.2 Å². The lowest BCUT2D eigenvalue weighted by atomic mass is 10.1. The van der Waals surface area contributed by atoms with Crippen molar-refractivity contribution < 1.29 is 32.7 Å². The Labute approximate surface area is 115 Å². The molecule has 7 nitrogen and oxygen atoms in total. The minimum absolute atomic E-state index is 0.179. The Morgan fingerprint density at radius 3 is 2.57 bits per heavy atom. The maximum absolute atomic E-state index is 12.5. The van der Waals surface area contributed by atoms with E-state index in [1.807, 2.05) is 0 Å². The van der Waals surface area contributed by atoms with Crippen LogP contribution in [0.15, 0.2) is 18.2 Å². The summed E-state index contributed by atoms with van der Waals surface area (Å²) in [6.45, 7) is -0.800. The van der Waals surface area contributed by atoms with Gasteiger partial charge in [-0.1, -0.05) is 0 Å². The van der Waals surface area contributed by atoms with Crippen LogP contribution in [0.1, 0.15) is 11.1 Å². The number of nitrogens with zero attached hydrogens (tertiary/aromatic N) is 1. The first-order valence-corrected chi connectivity index (χ1v) is 5.26. The highest BCUT2D eigenvalue weighted by Crippen LogP contribution is 2.31. The minimum Gasteiger partial charge on any atom is -0.479 e. The van der Waals surface area contributed by atoms with Gasteiger partial charge in [0.05, 0.1) is 16.8 Å². The Kier molecular flexibility index (Phi) is 5.09. The molecule has 0 saturated carbocycles. The number of benzene rings is 1. The van der Waals surface area contributed by atoms with Crippen LogP contribution >= 0.6 is 0 Å². The number of carbonyl (C=O) groups is 2. The van der Waals surface area contributed by atoms with Gasteiger partial charge in [0.2, 0.25) is 0 Å². The molecule has 1 aromatic rings. The van der Waals surface area contributed by atoms with Crippen molar-refractivity contribution in [1.82, 2.24) is 5.48 Å². The van der Waals surface area contributed by atoms with Crippen LogP contribution in [-0.4, -0.2) is 23.7 Å². The SMILES string of the molecule is N#Cc1cc(C(F)(F)F)ccc1NC(=O)NOCC(=O)O. The molecule has 0 heterocycles. The summed E-state index contributed by atoms with van der Waals surface area (Å²) in [6, 6.07) is 2.64. The molecular weight excluding hydrogens is 295 g/mol. The van der Waals surface area contributed by atoms with Crippen molar-refractivity contribution in [3.05, 3.63) is 29.3 Å². The zero-order chi connectivity index (χ0) is 16.0. The van der Waals surface area contributed by atoms with Gasteiger partial charge >= 0.3 is 18.2 Å². The van der Waals surface area contributed by atoms with Crippen molar-refractivity contribution in [2.45, 2.75) is 6.18 Å². The summed E-state index contributed by atoms with van der Waals surface area (Å²) in [5.41, 5.74) is 0.0779. The average molecular weight is 303 g/mol. The number of hydrogen-bond donors (Lipinski definition) is 3. The highest BCUT2D eigenvalue weighted by molar-refractivity contribution is 5.90. The average Bonchev–Trinajstić information content (AvgIpc) is 2.37. The van der Waals surface area contributed by atoms with Crippen LogP contribution in [0, 0.1) is 11.3 Å². The first-order chi connectivity index (χ1) is 9.74. The van der Waals surface area contributed by atoms with E-state index < -0.39 is 35.9 Å². The smallest absolute Gasteiger partial charge is 0.416 e. The van der Waals surface area contributed by atoms with E-state index in [0.717, 1.165) is 6.07 Å². The van der Waals surface area contributed by atoms with Crippen LogP contribution in [0.25, 0.3) is 0 Å². The lowest BCUT2D eigenvalue weighted by molar-refractivity contribution is -0.144. The number of hydrogen-bond acceptors (Lipinski definition) is 4. The number of hydroxylamine groups is 1. The molecule has 2 amide bonds. The van der Waals surface area contributed by atoms with E-state index in [1.165, 1.54) is 6.07 Å². The molecule has 0 radical (unpaired) electrons. The van der Waals surface area contributed by atoms with Gasteiger partial charge < -0.3 is 10.4 Å². The van der Waals surface area contributed by atoms with Crippen molar-refractivity contribution in [3.63, 3.8) is 0 Å². The minimum atomic E-state index is -4.61. The zero-order valence-corrected chi connectivity index (χ0v) is 10.2. The molecule has 0 saturated heterocycles. The molecule has 0 aliphatic heterocycles. The number of anilines is 1. The Bertz CT molecular complexity index is 595. The summed E-state index contributed by atoms with van der Waals surface area (Å²) in [4.78, 5) is 25.7. The third-order valence-electron chi connectivity index (χ3n) is 2.08. The monoisotopic (exact) mass is 303 g/mol. The second-order valence-electron chi connectivity index (χ2n) is 3.61. The fourth-order valence-electron chi connectivity index (χ4n) is 1.23. The quantitative estimate of drug-likeness (QED) is 0.733. The maximum atomic E-state index is 12.5. The van der Waals surface area contributed by atoms with Crippen LogP contribution < -0.4 is 10.8 Å². The van der Waals surface area contributed by atoms with E-state index in [-0.39, 0.29) is 5.69 Å². The van der Waals surface area contributed by atoms with Gasteiger partial charge in [0, 0.05) is 0 Å². The fourth-order valence-corrected chi connectivity index (χ4v) is 1.23. The Hall–Kier alpha value is -2.80. The van der Waals surface area contributed by atoms with E-state index in [4.69, 9.17) is 10.4 Å². The summed E-state index contributed by atoms with van der Waals surface area (Å²) in [6.07, 6.45) is -4.61. The van der Waals surface area contributed by atoms with Gasteiger partial charge in [-0.2, -0.15) is 18.4 Å². The van der Waals surface area contributed by atoms with E-state index in [0.29, 0.717) is 12.1 Å². The highest BCUT2D eigenvalue weighted by atomic mass is 19.4. The predicted molar refractivity (Wildman–Crippen MR) is 61.9 cm³/mol. The Morgan fingerprint density at radius 2 is 2.05 bits per heavy atom. The topological polar surface area (TPSA) is 111 Å². The lowest BCUT2D eigenvalue weighted by Crippen LogP contribution is -2.31. The first kappa shape index (κ1) is 16.3. The molecule has 1 aromatic carbocycles. The van der Waals surface area contributed by atoms with Crippen LogP contribution in [0.4, 0.5) is 23.7 Å². The van der Waals surface area contributed by atoms with Crippen LogP contribution in [0.2, 0.25) is 0 Å². The number of urea groups is 1. The standard InChI is InChI=1S/C11H8F3N3O4/c12-11(13,14)7-1-2-8(6(3-7)4-15)16-10(20)17-21-5-9(18)19/h1-3H,5H2,(H,18,19)(H2,16,17,20). The molecule has 0 aliphatic rings. The highest BCUT2D eigenvalue weighted by Gasteiger charge is 2.31. The van der Waals surface area contributed by atoms with E-state index in [9.17, 15) is 22.8 Å². The largest absolute Gasteiger partial charge is 0.479 e. The first-order valence-electron chi connectivity index (χ1n) is 5.26. The molecule has 0 unspecified atom stereocenters. The van der Waals surface area contributed by atoms with Gasteiger partial charge in [0.1, 0.15) is 6.07 Å². The summed E-state index contributed by atoms with van der Waals surface area (Å²) >= 11 is 0. The van der Waals surface area contributed by atoms with Gasteiger partial charge in [0.25, 0.3) is 0 Å². The van der Waals surface area contributed by atoms with E-state index in [1.54, 1.807) is 5.48 Å². The number of alkyl halides is 3. The summed E-state index contributed by atoms with van der Waals surface area (Å²) in [5.74, 6) is -1.33. The van der Waals surface area contributed by atoms with Crippen LogP contribution in [0.3, 0.4) is 0 Å². The molecule has 112 valence electrons. The van der Waals surface area contributed by atoms with Gasteiger partial charge in [-0.15, -0.1) is 0 Å². The van der Waals surface area contributed by atoms with E-state index >= 15 is 0 Å². The molecule has 10 heteroatoms. The second-order valence-corrected chi connectivity index (χ2v) is 3.61. The van der Waals surface area contributed by atoms with Crippen molar-refractivity contribution in [2.75, 3.05) is 11.9 Å². The molecule has 0 atom stereocenters. The van der Waals surface area contributed by atoms with Crippen LogP contribution in [-0.2, 0) is 15.8 Å². The number of carbonyl (C=O) groups excluding carboxylic acids is 1. The van der Waals surface area contributed by atoms with E-state index in [2.05, 4.69) is 10.2 Å². The summed E-state index contributed by atoms with van der Waals surface area (Å²) in [7, 11) is 0. The zero-order valence-electron chi connectivity index (χ0n) is 10.2. The molecule has 0 spiro atoms. The molecule has 1 rings (SSSR count). The fraction of sp³-hybridized carbons (Fsp3) is 0.182. The number of rotatable bonds is 4. The molecule has 0 bridgehead atoms.